The largest absolute Gasteiger partial charge is 0.370 e. The summed E-state index contributed by atoms with van der Waals surface area (Å²) in [5, 5.41) is 9.04. The van der Waals surface area contributed by atoms with E-state index in [4.69, 9.17) is 5.10 Å². The van der Waals surface area contributed by atoms with Crippen LogP contribution < -0.4 is 5.32 Å². The van der Waals surface area contributed by atoms with Crippen LogP contribution in [0, 0.1) is 0 Å². The van der Waals surface area contributed by atoms with Gasteiger partial charge in [0.05, 0.1) is 17.3 Å². The Balaban J connectivity index is 1.75. The number of benzene rings is 3. The zero-order valence-corrected chi connectivity index (χ0v) is 18.1. The molecule has 0 radical (unpaired) electrons. The lowest BCUT2D eigenvalue weighted by molar-refractivity contribution is 0.753. The van der Waals surface area contributed by atoms with Gasteiger partial charge in [-0.05, 0) is 48.4 Å². The van der Waals surface area contributed by atoms with Crippen LogP contribution in [0.15, 0.2) is 84.9 Å². The molecular formula is C28H29N3. The summed E-state index contributed by atoms with van der Waals surface area (Å²) >= 11 is 0. The fraction of sp³-hybridized carbons (Fsp3) is 0.250. The number of aryl methyl sites for hydroxylation is 1. The van der Waals surface area contributed by atoms with Crippen molar-refractivity contribution in [1.29, 1.82) is 0 Å². The molecule has 1 aromatic heterocycles. The molecule has 31 heavy (non-hydrogen) atoms. The van der Waals surface area contributed by atoms with Crippen LogP contribution in [-0.2, 0) is 12.8 Å². The number of aromatic nitrogens is 2. The highest BCUT2D eigenvalue weighted by molar-refractivity contribution is 5.59. The second-order valence-corrected chi connectivity index (χ2v) is 8.24. The number of hydrogen-bond donors (Lipinski definition) is 1. The minimum absolute atomic E-state index is 0.117. The molecule has 0 unspecified atom stereocenters. The van der Waals surface area contributed by atoms with Crippen LogP contribution in [0.3, 0.4) is 0 Å². The van der Waals surface area contributed by atoms with E-state index in [0.29, 0.717) is 0 Å². The molecule has 3 nitrogen and oxygen atoms in total. The number of nitrogens with zero attached hydrogens (tertiary/aromatic N) is 2. The standard InChI is InChI=1S/C28H29N3/c1-2-21-13-9-10-19-25(21)31-28-24(18-11-12-20-29-28)27(30-31)26(22-14-5-3-6-15-22)23-16-7-4-8-17-23/h3-10,13-17,19,26,29H,2,11-12,18,20H2,1H3. The predicted molar refractivity (Wildman–Crippen MR) is 128 cm³/mol. The first kappa shape index (κ1) is 19.6. The van der Waals surface area contributed by atoms with Crippen LogP contribution >= 0.6 is 0 Å². The average Bonchev–Trinajstić information content (AvgIpc) is 3.01. The van der Waals surface area contributed by atoms with Gasteiger partial charge in [0.1, 0.15) is 5.82 Å². The molecule has 0 saturated carbocycles. The van der Waals surface area contributed by atoms with Gasteiger partial charge in [0.25, 0.3) is 0 Å². The molecule has 4 aromatic rings. The molecular weight excluding hydrogens is 378 g/mol. The fourth-order valence-corrected chi connectivity index (χ4v) is 4.75. The zero-order chi connectivity index (χ0) is 21.0. The number of anilines is 1. The molecule has 0 spiro atoms. The minimum Gasteiger partial charge on any atom is -0.370 e. The Morgan fingerprint density at radius 3 is 2.16 bits per heavy atom. The molecule has 3 heteroatoms. The molecule has 0 saturated heterocycles. The van der Waals surface area contributed by atoms with Gasteiger partial charge < -0.3 is 5.32 Å². The number of nitrogens with one attached hydrogen (secondary N) is 1. The van der Waals surface area contributed by atoms with E-state index in [1.807, 2.05) is 0 Å². The van der Waals surface area contributed by atoms with E-state index in [9.17, 15) is 0 Å². The van der Waals surface area contributed by atoms with E-state index in [2.05, 4.69) is 102 Å². The van der Waals surface area contributed by atoms with E-state index >= 15 is 0 Å². The normalized spacial score (nSPS) is 13.5. The third-order valence-corrected chi connectivity index (χ3v) is 6.30. The third kappa shape index (κ3) is 3.76. The molecule has 5 rings (SSSR count). The quantitative estimate of drug-likeness (QED) is 0.417. The summed E-state index contributed by atoms with van der Waals surface area (Å²) in [5.41, 5.74) is 7.61. The first-order valence-corrected chi connectivity index (χ1v) is 11.4. The summed E-state index contributed by atoms with van der Waals surface area (Å²) in [6, 6.07) is 30.3. The van der Waals surface area contributed by atoms with Crippen molar-refractivity contribution in [3.05, 3.63) is 113 Å². The Labute approximate surface area is 184 Å². The molecule has 2 heterocycles. The Hall–Kier alpha value is -3.33. The maximum Gasteiger partial charge on any atom is 0.133 e. The number of para-hydroxylation sites is 1. The summed E-state index contributed by atoms with van der Waals surface area (Å²) in [5.74, 6) is 1.29. The van der Waals surface area contributed by atoms with Gasteiger partial charge in [-0.2, -0.15) is 5.10 Å². The Morgan fingerprint density at radius 2 is 1.48 bits per heavy atom. The predicted octanol–water partition coefficient (Wildman–Crippen LogP) is 6.36. The smallest absolute Gasteiger partial charge is 0.133 e. The highest BCUT2D eigenvalue weighted by atomic mass is 15.3. The molecule has 0 amide bonds. The van der Waals surface area contributed by atoms with Crippen molar-refractivity contribution in [2.45, 2.75) is 38.5 Å². The van der Waals surface area contributed by atoms with Gasteiger partial charge in [0.15, 0.2) is 0 Å². The van der Waals surface area contributed by atoms with Crippen LogP contribution in [0.4, 0.5) is 5.82 Å². The fourth-order valence-electron chi connectivity index (χ4n) is 4.75. The van der Waals surface area contributed by atoms with E-state index < -0.39 is 0 Å². The highest BCUT2D eigenvalue weighted by Crippen LogP contribution is 2.38. The second-order valence-electron chi connectivity index (χ2n) is 8.24. The van der Waals surface area contributed by atoms with Crippen LogP contribution in [0.2, 0.25) is 0 Å². The molecule has 0 bridgehead atoms. The lowest BCUT2D eigenvalue weighted by Gasteiger charge is -2.18. The number of hydrogen-bond acceptors (Lipinski definition) is 2. The van der Waals surface area contributed by atoms with Gasteiger partial charge in [-0.15, -0.1) is 0 Å². The topological polar surface area (TPSA) is 29.9 Å². The van der Waals surface area contributed by atoms with Crippen molar-refractivity contribution >= 4 is 5.82 Å². The highest BCUT2D eigenvalue weighted by Gasteiger charge is 2.28. The monoisotopic (exact) mass is 407 g/mol. The molecule has 0 atom stereocenters. The summed E-state index contributed by atoms with van der Waals surface area (Å²) in [4.78, 5) is 0. The maximum absolute atomic E-state index is 5.32. The lowest BCUT2D eigenvalue weighted by atomic mass is 9.86. The molecule has 1 aliphatic heterocycles. The van der Waals surface area contributed by atoms with Crippen molar-refractivity contribution in [3.8, 4) is 5.69 Å². The average molecular weight is 408 g/mol. The van der Waals surface area contributed by atoms with Crippen molar-refractivity contribution in [2.24, 2.45) is 0 Å². The van der Waals surface area contributed by atoms with Crippen molar-refractivity contribution < 1.29 is 0 Å². The Kier molecular flexibility index (Phi) is 5.57. The SMILES string of the molecule is CCc1ccccc1-n1nc(C(c2ccccc2)c2ccccc2)c2c1NCCCC2. The van der Waals surface area contributed by atoms with E-state index in [0.717, 1.165) is 19.4 Å². The van der Waals surface area contributed by atoms with Crippen LogP contribution in [0.25, 0.3) is 5.69 Å². The third-order valence-electron chi connectivity index (χ3n) is 6.30. The van der Waals surface area contributed by atoms with Crippen LogP contribution in [0.5, 0.6) is 0 Å². The lowest BCUT2D eigenvalue weighted by Crippen LogP contribution is -2.09. The van der Waals surface area contributed by atoms with Gasteiger partial charge in [0, 0.05) is 12.1 Å². The van der Waals surface area contributed by atoms with Crippen LogP contribution in [0.1, 0.15) is 53.6 Å². The summed E-state index contributed by atoms with van der Waals surface area (Å²) < 4.78 is 2.17. The molecule has 0 aliphatic carbocycles. The maximum atomic E-state index is 5.32. The Morgan fingerprint density at radius 1 is 0.839 bits per heavy atom. The molecule has 3 aromatic carbocycles. The Bertz CT molecular complexity index is 1110. The first-order chi connectivity index (χ1) is 15.4. The molecule has 1 N–H and O–H groups in total. The van der Waals surface area contributed by atoms with Crippen LogP contribution in [-0.4, -0.2) is 16.3 Å². The summed E-state index contributed by atoms with van der Waals surface area (Å²) in [6.45, 7) is 3.21. The van der Waals surface area contributed by atoms with Gasteiger partial charge in [-0.3, -0.25) is 0 Å². The van der Waals surface area contributed by atoms with Gasteiger partial charge >= 0.3 is 0 Å². The van der Waals surface area contributed by atoms with Crippen molar-refractivity contribution in [1.82, 2.24) is 9.78 Å². The second kappa shape index (κ2) is 8.81. The summed E-state index contributed by atoms with van der Waals surface area (Å²) in [7, 11) is 0. The molecule has 0 fully saturated rings. The van der Waals surface area contributed by atoms with Gasteiger partial charge in [0.2, 0.25) is 0 Å². The van der Waals surface area contributed by atoms with Crippen molar-refractivity contribution in [3.63, 3.8) is 0 Å². The van der Waals surface area contributed by atoms with Gasteiger partial charge in [-0.25, -0.2) is 4.68 Å². The summed E-state index contributed by atoms with van der Waals surface area (Å²) in [6.07, 6.45) is 4.42. The van der Waals surface area contributed by atoms with Gasteiger partial charge in [-0.1, -0.05) is 85.8 Å². The van der Waals surface area contributed by atoms with E-state index in [1.165, 1.54) is 52.3 Å². The number of rotatable bonds is 5. The molecule has 156 valence electrons. The minimum atomic E-state index is 0.117. The van der Waals surface area contributed by atoms with Crippen molar-refractivity contribution in [2.75, 3.05) is 11.9 Å². The zero-order valence-electron chi connectivity index (χ0n) is 18.1. The van der Waals surface area contributed by atoms with E-state index in [1.54, 1.807) is 0 Å². The van der Waals surface area contributed by atoms with E-state index in [-0.39, 0.29) is 5.92 Å². The number of fused-ring (bicyclic) bond motifs is 1. The molecule has 1 aliphatic rings. The first-order valence-electron chi connectivity index (χ1n) is 11.4.